The molecule has 0 aliphatic carbocycles. The third kappa shape index (κ3) is 3.34. The fourth-order valence-electron chi connectivity index (χ4n) is 2.63. The third-order valence-corrected chi connectivity index (χ3v) is 3.87. The summed E-state index contributed by atoms with van der Waals surface area (Å²) in [4.78, 5) is 43.0. The van der Waals surface area contributed by atoms with Crippen molar-refractivity contribution in [2.75, 3.05) is 12.4 Å². The summed E-state index contributed by atoms with van der Waals surface area (Å²) < 4.78 is 6.51. The van der Waals surface area contributed by atoms with Crippen molar-refractivity contribution in [3.8, 4) is 5.75 Å². The maximum atomic E-state index is 12.5. The number of ether oxygens (including phenoxy) is 1. The molecule has 0 atom stereocenters. The van der Waals surface area contributed by atoms with Gasteiger partial charge in [0, 0.05) is 24.5 Å². The molecule has 2 N–H and O–H groups in total. The molecule has 0 saturated carbocycles. The van der Waals surface area contributed by atoms with Crippen molar-refractivity contribution in [3.05, 3.63) is 62.9 Å². The van der Waals surface area contributed by atoms with Crippen LogP contribution in [0.25, 0.3) is 11.0 Å². The lowest BCUT2D eigenvalue weighted by Gasteiger charge is -2.09. The Morgan fingerprint density at radius 3 is 2.85 bits per heavy atom. The first kappa shape index (κ1) is 17.4. The number of pyridine rings is 1. The van der Waals surface area contributed by atoms with Crippen LogP contribution in [0.2, 0.25) is 0 Å². The number of H-pyrrole nitrogens is 1. The Morgan fingerprint density at radius 2 is 2.12 bits per heavy atom. The number of nitrogens with zero attached hydrogens (tertiary/aromatic N) is 2. The van der Waals surface area contributed by atoms with Gasteiger partial charge in [-0.05, 0) is 24.6 Å². The van der Waals surface area contributed by atoms with Gasteiger partial charge in [0.25, 0.3) is 11.5 Å². The first-order valence-electron chi connectivity index (χ1n) is 8.11. The van der Waals surface area contributed by atoms with Gasteiger partial charge < -0.3 is 10.1 Å². The highest BCUT2D eigenvalue weighted by atomic mass is 16.5. The summed E-state index contributed by atoms with van der Waals surface area (Å²) in [6.45, 7) is 2.34. The van der Waals surface area contributed by atoms with Crippen LogP contribution >= 0.6 is 0 Å². The van der Waals surface area contributed by atoms with Crippen LogP contribution in [0.1, 0.15) is 23.7 Å². The highest BCUT2D eigenvalue weighted by molar-refractivity contribution is 6.05. The molecule has 3 aromatic rings. The van der Waals surface area contributed by atoms with E-state index in [9.17, 15) is 14.4 Å². The predicted octanol–water partition coefficient (Wildman–Crippen LogP) is 1.76. The SMILES string of the molecule is CCCn1c(=O)[nH]c(=O)c2cc(C(=O)Nc3cccc(OC)c3)cnc21. The van der Waals surface area contributed by atoms with E-state index in [1.165, 1.54) is 23.9 Å². The number of carbonyl (C=O) groups excluding carboxylic acids is 1. The predicted molar refractivity (Wildman–Crippen MR) is 97.9 cm³/mol. The largest absolute Gasteiger partial charge is 0.497 e. The summed E-state index contributed by atoms with van der Waals surface area (Å²) in [5.41, 5.74) is -0.0447. The quantitative estimate of drug-likeness (QED) is 0.726. The molecule has 0 spiro atoms. The Hall–Kier alpha value is -3.42. The van der Waals surface area contributed by atoms with Crippen LogP contribution in [0.3, 0.4) is 0 Å². The van der Waals surface area contributed by atoms with Crippen molar-refractivity contribution in [2.24, 2.45) is 0 Å². The molecule has 134 valence electrons. The van der Waals surface area contributed by atoms with E-state index < -0.39 is 17.2 Å². The van der Waals surface area contributed by atoms with E-state index in [-0.39, 0.29) is 16.6 Å². The van der Waals surface area contributed by atoms with E-state index in [0.29, 0.717) is 24.4 Å². The molecule has 26 heavy (non-hydrogen) atoms. The van der Waals surface area contributed by atoms with Crippen LogP contribution < -0.4 is 21.3 Å². The van der Waals surface area contributed by atoms with Crippen molar-refractivity contribution in [1.29, 1.82) is 0 Å². The number of aryl methyl sites for hydroxylation is 1. The monoisotopic (exact) mass is 354 g/mol. The number of hydrogen-bond donors (Lipinski definition) is 2. The molecular formula is C18H18N4O4. The molecule has 1 amide bonds. The molecule has 0 unspecified atom stereocenters. The number of benzene rings is 1. The average Bonchev–Trinajstić information content (AvgIpc) is 2.65. The zero-order valence-electron chi connectivity index (χ0n) is 14.4. The molecule has 0 radical (unpaired) electrons. The fraction of sp³-hybridized carbons (Fsp3) is 0.222. The van der Waals surface area contributed by atoms with Gasteiger partial charge in [0.05, 0.1) is 18.1 Å². The Morgan fingerprint density at radius 1 is 1.31 bits per heavy atom. The van der Waals surface area contributed by atoms with Crippen LogP contribution in [0, 0.1) is 0 Å². The minimum Gasteiger partial charge on any atom is -0.497 e. The number of amides is 1. The van der Waals surface area contributed by atoms with Gasteiger partial charge in [-0.25, -0.2) is 9.78 Å². The number of nitrogens with one attached hydrogen (secondary N) is 2. The zero-order valence-corrected chi connectivity index (χ0v) is 14.4. The van der Waals surface area contributed by atoms with Gasteiger partial charge in [0.1, 0.15) is 11.4 Å². The van der Waals surface area contributed by atoms with E-state index in [0.717, 1.165) is 0 Å². The highest BCUT2D eigenvalue weighted by Crippen LogP contribution is 2.18. The van der Waals surface area contributed by atoms with Gasteiger partial charge in [-0.15, -0.1) is 0 Å². The molecule has 1 aromatic carbocycles. The number of methoxy groups -OCH3 is 1. The second kappa shape index (κ2) is 7.22. The molecule has 2 heterocycles. The van der Waals surface area contributed by atoms with Gasteiger partial charge in [0.2, 0.25) is 0 Å². The number of aromatic nitrogens is 3. The summed E-state index contributed by atoms with van der Waals surface area (Å²) in [5, 5.41) is 2.92. The Bertz CT molecular complexity index is 1080. The van der Waals surface area contributed by atoms with Crippen molar-refractivity contribution in [3.63, 3.8) is 0 Å². The lowest BCUT2D eigenvalue weighted by atomic mass is 10.2. The van der Waals surface area contributed by atoms with E-state index in [1.54, 1.807) is 24.3 Å². The Balaban J connectivity index is 1.99. The van der Waals surface area contributed by atoms with E-state index in [4.69, 9.17) is 4.74 Å². The van der Waals surface area contributed by atoms with Gasteiger partial charge in [-0.3, -0.25) is 19.1 Å². The van der Waals surface area contributed by atoms with E-state index >= 15 is 0 Å². The standard InChI is InChI=1S/C18H18N4O4/c1-3-7-22-15-14(17(24)21-18(22)25)8-11(10-19-15)16(23)20-12-5-4-6-13(9-12)26-2/h4-6,8-10H,3,7H2,1-2H3,(H,20,23)(H,21,24,25). The molecule has 8 nitrogen and oxygen atoms in total. The summed E-state index contributed by atoms with van der Waals surface area (Å²) >= 11 is 0. The topological polar surface area (TPSA) is 106 Å². The summed E-state index contributed by atoms with van der Waals surface area (Å²) in [6, 6.07) is 8.35. The lowest BCUT2D eigenvalue weighted by Crippen LogP contribution is -2.31. The molecule has 0 fully saturated rings. The summed E-state index contributed by atoms with van der Waals surface area (Å²) in [7, 11) is 1.54. The number of fused-ring (bicyclic) bond motifs is 1. The summed E-state index contributed by atoms with van der Waals surface area (Å²) in [5.74, 6) is 0.194. The molecule has 3 rings (SSSR count). The summed E-state index contributed by atoms with van der Waals surface area (Å²) in [6.07, 6.45) is 2.06. The highest BCUT2D eigenvalue weighted by Gasteiger charge is 2.13. The number of anilines is 1. The lowest BCUT2D eigenvalue weighted by molar-refractivity contribution is 0.102. The van der Waals surface area contributed by atoms with Crippen molar-refractivity contribution in [1.82, 2.24) is 14.5 Å². The van der Waals surface area contributed by atoms with E-state index in [1.807, 2.05) is 6.92 Å². The Labute approximate surface area is 148 Å². The maximum absolute atomic E-state index is 12.5. The van der Waals surface area contributed by atoms with Gasteiger partial charge in [-0.1, -0.05) is 13.0 Å². The van der Waals surface area contributed by atoms with E-state index in [2.05, 4.69) is 15.3 Å². The van der Waals surface area contributed by atoms with Crippen LogP contribution in [-0.2, 0) is 6.54 Å². The number of hydrogen-bond acceptors (Lipinski definition) is 5. The first-order valence-corrected chi connectivity index (χ1v) is 8.11. The molecule has 2 aromatic heterocycles. The average molecular weight is 354 g/mol. The first-order chi connectivity index (χ1) is 12.5. The molecule has 8 heteroatoms. The van der Waals surface area contributed by atoms with Crippen LogP contribution in [0.15, 0.2) is 46.1 Å². The Kier molecular flexibility index (Phi) is 4.83. The van der Waals surface area contributed by atoms with Crippen LogP contribution in [0.5, 0.6) is 5.75 Å². The zero-order chi connectivity index (χ0) is 18.7. The molecule has 0 aliphatic heterocycles. The van der Waals surface area contributed by atoms with Gasteiger partial charge in [-0.2, -0.15) is 0 Å². The van der Waals surface area contributed by atoms with Crippen LogP contribution in [0.4, 0.5) is 5.69 Å². The fourth-order valence-corrected chi connectivity index (χ4v) is 2.63. The molecule has 0 bridgehead atoms. The van der Waals surface area contributed by atoms with Crippen LogP contribution in [-0.4, -0.2) is 27.6 Å². The molecule has 0 aliphatic rings. The second-order valence-electron chi connectivity index (χ2n) is 5.69. The molecular weight excluding hydrogens is 336 g/mol. The normalized spacial score (nSPS) is 10.7. The van der Waals surface area contributed by atoms with Crippen molar-refractivity contribution < 1.29 is 9.53 Å². The number of carbonyl (C=O) groups is 1. The smallest absolute Gasteiger partial charge is 0.329 e. The van der Waals surface area contributed by atoms with Gasteiger partial charge in [0.15, 0.2) is 0 Å². The minimum absolute atomic E-state index is 0.191. The molecule has 0 saturated heterocycles. The second-order valence-corrected chi connectivity index (χ2v) is 5.69. The number of rotatable bonds is 5. The maximum Gasteiger partial charge on any atom is 0.329 e. The van der Waals surface area contributed by atoms with Gasteiger partial charge >= 0.3 is 5.69 Å². The third-order valence-electron chi connectivity index (χ3n) is 3.87. The van der Waals surface area contributed by atoms with Crippen molar-refractivity contribution in [2.45, 2.75) is 19.9 Å². The van der Waals surface area contributed by atoms with Crippen molar-refractivity contribution >= 4 is 22.6 Å². The number of aromatic amines is 1. The minimum atomic E-state index is -0.569.